The lowest BCUT2D eigenvalue weighted by molar-refractivity contribution is 0.0735. The molecule has 2 heterocycles. The van der Waals surface area contributed by atoms with E-state index in [-0.39, 0.29) is 40.9 Å². The highest BCUT2D eigenvalue weighted by atomic mass is 16.3. The fourth-order valence-electron chi connectivity index (χ4n) is 2.54. The molecule has 1 aromatic carbocycles. The summed E-state index contributed by atoms with van der Waals surface area (Å²) < 4.78 is 0. The van der Waals surface area contributed by atoms with E-state index in [2.05, 4.69) is 20.3 Å². The molecular formula is C18H19N5O4. The number of rotatable bonds is 4. The van der Waals surface area contributed by atoms with Gasteiger partial charge >= 0.3 is 0 Å². The van der Waals surface area contributed by atoms with E-state index in [4.69, 9.17) is 5.73 Å². The van der Waals surface area contributed by atoms with E-state index < -0.39 is 11.5 Å². The molecule has 0 saturated heterocycles. The van der Waals surface area contributed by atoms with Crippen LogP contribution < -0.4 is 11.1 Å². The zero-order valence-corrected chi connectivity index (χ0v) is 14.8. The summed E-state index contributed by atoms with van der Waals surface area (Å²) in [6, 6.07) is 7.49. The average Bonchev–Trinajstić information content (AvgIpc) is 2.60. The van der Waals surface area contributed by atoms with E-state index in [1.54, 1.807) is 26.0 Å². The predicted molar refractivity (Wildman–Crippen MR) is 97.9 cm³/mol. The van der Waals surface area contributed by atoms with E-state index >= 15 is 0 Å². The van der Waals surface area contributed by atoms with Gasteiger partial charge in [-0.25, -0.2) is 15.0 Å². The summed E-state index contributed by atoms with van der Waals surface area (Å²) in [5.41, 5.74) is 5.15. The van der Waals surface area contributed by atoms with E-state index in [0.29, 0.717) is 11.1 Å². The van der Waals surface area contributed by atoms with Crippen LogP contribution in [0.1, 0.15) is 35.7 Å². The molecule has 2 aromatic heterocycles. The van der Waals surface area contributed by atoms with Crippen molar-refractivity contribution in [3.05, 3.63) is 47.4 Å². The van der Waals surface area contributed by atoms with Crippen LogP contribution >= 0.6 is 0 Å². The van der Waals surface area contributed by atoms with Crippen molar-refractivity contribution in [2.45, 2.75) is 26.0 Å². The highest BCUT2D eigenvalue weighted by Gasteiger charge is 2.20. The van der Waals surface area contributed by atoms with Crippen LogP contribution in [0.25, 0.3) is 10.9 Å². The van der Waals surface area contributed by atoms with Crippen LogP contribution in [-0.4, -0.2) is 36.2 Å². The lowest BCUT2D eigenvalue weighted by Gasteiger charge is -2.18. The molecule has 1 amide bonds. The second kappa shape index (κ2) is 6.69. The van der Waals surface area contributed by atoms with Gasteiger partial charge in [0.05, 0.1) is 12.2 Å². The van der Waals surface area contributed by atoms with Gasteiger partial charge < -0.3 is 26.4 Å². The molecule has 0 atom stereocenters. The number of phenols is 1. The average molecular weight is 369 g/mol. The van der Waals surface area contributed by atoms with E-state index in [0.717, 1.165) is 0 Å². The topological polar surface area (TPSA) is 154 Å². The maximum absolute atomic E-state index is 12.6. The van der Waals surface area contributed by atoms with Gasteiger partial charge in [0.15, 0.2) is 0 Å². The summed E-state index contributed by atoms with van der Waals surface area (Å²) >= 11 is 0. The Balaban J connectivity index is 1.90. The Morgan fingerprint density at radius 1 is 1.11 bits per heavy atom. The van der Waals surface area contributed by atoms with Crippen LogP contribution in [0.2, 0.25) is 0 Å². The molecule has 0 saturated carbocycles. The molecule has 0 radical (unpaired) electrons. The number of pyridine rings is 1. The first kappa shape index (κ1) is 18.3. The number of hydrogen-bond acceptors (Lipinski definition) is 8. The summed E-state index contributed by atoms with van der Waals surface area (Å²) in [5.74, 6) is -0.963. The molecule has 27 heavy (non-hydrogen) atoms. The van der Waals surface area contributed by atoms with Crippen LogP contribution in [0.3, 0.4) is 0 Å². The first-order chi connectivity index (χ1) is 12.7. The molecule has 9 nitrogen and oxygen atoms in total. The molecule has 3 rings (SSSR count). The zero-order chi connectivity index (χ0) is 19.8. The Bertz CT molecular complexity index is 1030. The number of phenolic OH excluding ortho intramolecular Hbond substituents is 1. The smallest absolute Gasteiger partial charge is 0.271 e. The maximum atomic E-state index is 12.6. The number of nitrogens with two attached hydrogens (primary N) is 1. The Hall–Kier alpha value is -3.46. The van der Waals surface area contributed by atoms with Crippen molar-refractivity contribution in [2.24, 2.45) is 0 Å². The molecule has 3 aromatic rings. The van der Waals surface area contributed by atoms with Crippen LogP contribution in [0.15, 0.2) is 30.3 Å². The van der Waals surface area contributed by atoms with Crippen LogP contribution in [-0.2, 0) is 12.1 Å². The zero-order valence-electron chi connectivity index (χ0n) is 14.8. The standard InChI is InChI=1S/C18H19N5O4/c1-18(2,27)13-7-6-11(24)10(21-13)8-20-16(26)15-9-4-3-5-12(25)14(9)22-17(19)23-15/h3-7,24-25,27H,8H2,1-2H3,(H,20,26)(H2,19,22,23). The van der Waals surface area contributed by atoms with Gasteiger partial charge in [0, 0.05) is 5.39 Å². The van der Waals surface area contributed by atoms with Gasteiger partial charge in [-0.1, -0.05) is 12.1 Å². The minimum Gasteiger partial charge on any atom is -0.506 e. The number of aromatic hydroxyl groups is 2. The quantitative estimate of drug-likeness (QED) is 0.459. The highest BCUT2D eigenvalue weighted by molar-refractivity contribution is 6.05. The van der Waals surface area contributed by atoms with E-state index in [1.165, 1.54) is 18.2 Å². The summed E-state index contributed by atoms with van der Waals surface area (Å²) in [4.78, 5) is 24.7. The Morgan fingerprint density at radius 2 is 1.85 bits per heavy atom. The molecular weight excluding hydrogens is 350 g/mol. The predicted octanol–water partition coefficient (Wildman–Crippen LogP) is 1.18. The normalized spacial score (nSPS) is 11.5. The lowest BCUT2D eigenvalue weighted by Crippen LogP contribution is -2.26. The van der Waals surface area contributed by atoms with E-state index in [9.17, 15) is 20.1 Å². The fraction of sp³-hybridized carbons (Fsp3) is 0.222. The number of carbonyl (C=O) groups excluding carboxylic acids is 1. The third-order valence-corrected chi connectivity index (χ3v) is 3.93. The monoisotopic (exact) mass is 369 g/mol. The molecule has 0 fully saturated rings. The molecule has 6 N–H and O–H groups in total. The Morgan fingerprint density at radius 3 is 2.56 bits per heavy atom. The third-order valence-electron chi connectivity index (χ3n) is 3.93. The van der Waals surface area contributed by atoms with E-state index in [1.807, 2.05) is 0 Å². The van der Waals surface area contributed by atoms with Crippen LogP contribution in [0, 0.1) is 0 Å². The number of nitrogens with zero attached hydrogens (tertiary/aromatic N) is 3. The number of aromatic nitrogens is 3. The largest absolute Gasteiger partial charge is 0.506 e. The minimum atomic E-state index is -1.19. The second-order valence-corrected chi connectivity index (χ2v) is 6.51. The number of aliphatic hydroxyl groups is 1. The molecule has 0 spiro atoms. The number of hydrogen-bond donors (Lipinski definition) is 5. The van der Waals surface area contributed by atoms with Crippen molar-refractivity contribution in [3.63, 3.8) is 0 Å². The Labute approximate surface area is 154 Å². The van der Waals surface area contributed by atoms with Gasteiger partial charge in [0.2, 0.25) is 5.95 Å². The number of anilines is 1. The summed E-state index contributed by atoms with van der Waals surface area (Å²) in [5, 5.41) is 32.9. The third kappa shape index (κ3) is 3.72. The van der Waals surface area contributed by atoms with Gasteiger partial charge in [-0.2, -0.15) is 0 Å². The maximum Gasteiger partial charge on any atom is 0.271 e. The van der Waals surface area contributed by atoms with Crippen molar-refractivity contribution in [2.75, 3.05) is 5.73 Å². The van der Waals surface area contributed by atoms with Crippen molar-refractivity contribution in [1.82, 2.24) is 20.3 Å². The van der Waals surface area contributed by atoms with Crippen molar-refractivity contribution in [3.8, 4) is 11.5 Å². The molecule has 0 unspecified atom stereocenters. The van der Waals surface area contributed by atoms with Gasteiger partial charge in [0.25, 0.3) is 5.91 Å². The van der Waals surface area contributed by atoms with Gasteiger partial charge in [-0.3, -0.25) is 4.79 Å². The lowest BCUT2D eigenvalue weighted by atomic mass is 10.0. The first-order valence-corrected chi connectivity index (χ1v) is 8.12. The number of para-hydroxylation sites is 1. The SMILES string of the molecule is CC(C)(O)c1ccc(O)c(CNC(=O)c2nc(N)nc3c(O)cccc23)n1. The summed E-state index contributed by atoms with van der Waals surface area (Å²) in [6.45, 7) is 3.03. The van der Waals surface area contributed by atoms with Crippen LogP contribution in [0.5, 0.6) is 11.5 Å². The van der Waals surface area contributed by atoms with Crippen LogP contribution in [0.4, 0.5) is 5.95 Å². The molecule has 0 aliphatic rings. The molecule has 0 aliphatic heterocycles. The number of benzene rings is 1. The number of nitrogens with one attached hydrogen (secondary N) is 1. The fourth-order valence-corrected chi connectivity index (χ4v) is 2.54. The summed E-state index contributed by atoms with van der Waals surface area (Å²) in [6.07, 6.45) is 0. The molecule has 140 valence electrons. The number of carbonyl (C=O) groups is 1. The molecule has 0 aliphatic carbocycles. The van der Waals surface area contributed by atoms with Crippen molar-refractivity contribution < 1.29 is 20.1 Å². The first-order valence-electron chi connectivity index (χ1n) is 8.12. The minimum absolute atomic E-state index is 0.00784. The Kier molecular flexibility index (Phi) is 4.54. The molecule has 0 bridgehead atoms. The number of fused-ring (bicyclic) bond motifs is 1. The number of nitrogen functional groups attached to an aromatic ring is 1. The van der Waals surface area contributed by atoms with Crippen molar-refractivity contribution >= 4 is 22.8 Å². The highest BCUT2D eigenvalue weighted by Crippen LogP contribution is 2.25. The number of amides is 1. The molecule has 9 heteroatoms. The van der Waals surface area contributed by atoms with Gasteiger partial charge in [-0.05, 0) is 32.0 Å². The van der Waals surface area contributed by atoms with Crippen molar-refractivity contribution in [1.29, 1.82) is 0 Å². The summed E-state index contributed by atoms with van der Waals surface area (Å²) in [7, 11) is 0. The second-order valence-electron chi connectivity index (χ2n) is 6.51. The van der Waals surface area contributed by atoms with Gasteiger partial charge in [-0.15, -0.1) is 0 Å². The van der Waals surface area contributed by atoms with Gasteiger partial charge in [0.1, 0.15) is 34.0 Å².